The molecule has 0 aliphatic heterocycles. The lowest BCUT2D eigenvalue weighted by Crippen LogP contribution is -2.30. The lowest BCUT2D eigenvalue weighted by atomic mass is 10.1. The van der Waals surface area contributed by atoms with Gasteiger partial charge in [0.2, 0.25) is 0 Å². The van der Waals surface area contributed by atoms with Crippen LogP contribution in [-0.4, -0.2) is 29.6 Å². The summed E-state index contributed by atoms with van der Waals surface area (Å²) in [7, 11) is 0. The van der Waals surface area contributed by atoms with Crippen LogP contribution in [0.3, 0.4) is 0 Å². The first-order chi connectivity index (χ1) is 11.4. The van der Waals surface area contributed by atoms with E-state index in [4.69, 9.17) is 5.11 Å². The molecule has 0 aliphatic rings. The predicted octanol–water partition coefficient (Wildman–Crippen LogP) is 3.87. The van der Waals surface area contributed by atoms with E-state index in [0.717, 1.165) is 12.2 Å². The Morgan fingerprint density at radius 2 is 1.71 bits per heavy atom. The number of nitrogens with one attached hydrogen (secondary N) is 1. The van der Waals surface area contributed by atoms with E-state index in [-0.39, 0.29) is 17.2 Å². The van der Waals surface area contributed by atoms with Crippen LogP contribution in [0.2, 0.25) is 0 Å². The fraction of sp³-hybridized carbons (Fsp3) is 0.263. The van der Waals surface area contributed by atoms with E-state index in [2.05, 4.69) is 31.0 Å². The molecule has 5 nitrogen and oxygen atoms in total. The van der Waals surface area contributed by atoms with Crippen molar-refractivity contribution in [1.29, 1.82) is 0 Å². The number of aromatic carboxylic acids is 1. The van der Waals surface area contributed by atoms with E-state index in [1.807, 2.05) is 12.1 Å². The molecule has 2 rings (SSSR count). The number of amides is 1. The van der Waals surface area contributed by atoms with Crippen molar-refractivity contribution in [3.63, 3.8) is 0 Å². The van der Waals surface area contributed by atoms with Crippen LogP contribution in [0.15, 0.2) is 48.5 Å². The van der Waals surface area contributed by atoms with Crippen LogP contribution in [-0.2, 0) is 0 Å². The summed E-state index contributed by atoms with van der Waals surface area (Å²) < 4.78 is 0. The third-order valence-corrected chi connectivity index (χ3v) is 3.83. The predicted molar refractivity (Wildman–Crippen MR) is 96.0 cm³/mol. The monoisotopic (exact) mass is 326 g/mol. The number of carboxylic acid groups (broad SMARTS) is 1. The molecular formula is C19H22N2O3. The minimum atomic E-state index is -1.07. The van der Waals surface area contributed by atoms with Gasteiger partial charge >= 0.3 is 5.97 Å². The number of benzene rings is 2. The highest BCUT2D eigenvalue weighted by Gasteiger charge is 2.14. The molecule has 0 aliphatic carbocycles. The first-order valence-corrected chi connectivity index (χ1v) is 7.94. The largest absolute Gasteiger partial charge is 0.478 e. The molecule has 0 unspecified atom stereocenters. The minimum absolute atomic E-state index is 0.0689. The second-order valence-corrected chi connectivity index (χ2v) is 5.73. The Hall–Kier alpha value is -2.82. The van der Waals surface area contributed by atoms with Crippen molar-refractivity contribution in [2.75, 3.05) is 16.8 Å². The van der Waals surface area contributed by atoms with E-state index < -0.39 is 5.97 Å². The molecule has 1 amide bonds. The van der Waals surface area contributed by atoms with E-state index in [0.29, 0.717) is 11.6 Å². The number of nitrogens with zero attached hydrogens (tertiary/aromatic N) is 1. The zero-order valence-electron chi connectivity index (χ0n) is 14.1. The minimum Gasteiger partial charge on any atom is -0.478 e. The molecular weight excluding hydrogens is 304 g/mol. The van der Waals surface area contributed by atoms with Gasteiger partial charge in [-0.2, -0.15) is 0 Å². The van der Waals surface area contributed by atoms with Crippen molar-refractivity contribution in [3.05, 3.63) is 59.7 Å². The van der Waals surface area contributed by atoms with Crippen molar-refractivity contribution >= 4 is 23.3 Å². The number of rotatable bonds is 6. The van der Waals surface area contributed by atoms with Crippen LogP contribution in [0.1, 0.15) is 41.5 Å². The molecule has 5 heteroatoms. The Morgan fingerprint density at radius 3 is 2.25 bits per heavy atom. The standard InChI is InChI=1S/C19H22N2O3/c1-4-21(13(2)3)15-11-9-14(10-12-15)18(22)20-17-8-6-5-7-16(17)19(23)24/h5-13H,4H2,1-3H3,(H,20,22)(H,23,24). The van der Waals surface area contributed by atoms with Gasteiger partial charge in [0.25, 0.3) is 5.91 Å². The van der Waals surface area contributed by atoms with Gasteiger partial charge in [-0.1, -0.05) is 12.1 Å². The van der Waals surface area contributed by atoms with Gasteiger partial charge in [-0.25, -0.2) is 4.79 Å². The second-order valence-electron chi connectivity index (χ2n) is 5.73. The molecule has 0 atom stereocenters. The van der Waals surface area contributed by atoms with Crippen LogP contribution in [0, 0.1) is 0 Å². The highest BCUT2D eigenvalue weighted by Crippen LogP contribution is 2.20. The topological polar surface area (TPSA) is 69.6 Å². The number of hydrogen-bond acceptors (Lipinski definition) is 3. The fourth-order valence-corrected chi connectivity index (χ4v) is 2.62. The van der Waals surface area contributed by atoms with Gasteiger partial charge in [-0.15, -0.1) is 0 Å². The summed E-state index contributed by atoms with van der Waals surface area (Å²) in [6.45, 7) is 7.21. The maximum absolute atomic E-state index is 12.4. The van der Waals surface area contributed by atoms with Crippen molar-refractivity contribution in [2.45, 2.75) is 26.8 Å². The number of carboxylic acids is 1. The molecule has 0 saturated heterocycles. The Kier molecular flexibility index (Phi) is 5.58. The lowest BCUT2D eigenvalue weighted by Gasteiger charge is -2.27. The maximum atomic E-state index is 12.4. The normalized spacial score (nSPS) is 10.5. The fourth-order valence-electron chi connectivity index (χ4n) is 2.62. The zero-order chi connectivity index (χ0) is 17.7. The van der Waals surface area contributed by atoms with Gasteiger partial charge in [0.1, 0.15) is 0 Å². The molecule has 0 radical (unpaired) electrons. The van der Waals surface area contributed by atoms with Crippen molar-refractivity contribution in [1.82, 2.24) is 0 Å². The Bertz CT molecular complexity index is 724. The molecule has 126 valence electrons. The van der Waals surface area contributed by atoms with Crippen LogP contribution < -0.4 is 10.2 Å². The van der Waals surface area contributed by atoms with E-state index in [1.54, 1.807) is 30.3 Å². The zero-order valence-corrected chi connectivity index (χ0v) is 14.1. The molecule has 2 aromatic carbocycles. The number of carbonyl (C=O) groups is 2. The SMILES string of the molecule is CCN(c1ccc(C(=O)Nc2ccccc2C(=O)O)cc1)C(C)C. The van der Waals surface area contributed by atoms with Gasteiger partial charge in [0.15, 0.2) is 0 Å². The highest BCUT2D eigenvalue weighted by atomic mass is 16.4. The summed E-state index contributed by atoms with van der Waals surface area (Å²) in [5, 5.41) is 11.8. The highest BCUT2D eigenvalue weighted by molar-refractivity contribution is 6.07. The van der Waals surface area contributed by atoms with Crippen molar-refractivity contribution in [3.8, 4) is 0 Å². The van der Waals surface area contributed by atoms with Crippen LogP contribution in [0.5, 0.6) is 0 Å². The molecule has 0 bridgehead atoms. The Labute approximate surface area is 141 Å². The lowest BCUT2D eigenvalue weighted by molar-refractivity contribution is 0.0698. The van der Waals surface area contributed by atoms with Crippen LogP contribution in [0.25, 0.3) is 0 Å². The van der Waals surface area contributed by atoms with Crippen LogP contribution in [0.4, 0.5) is 11.4 Å². The summed E-state index contributed by atoms with van der Waals surface area (Å²) in [6.07, 6.45) is 0. The number of carbonyl (C=O) groups excluding carboxylic acids is 1. The third-order valence-electron chi connectivity index (χ3n) is 3.83. The third kappa shape index (κ3) is 3.93. The van der Waals surface area contributed by atoms with Crippen LogP contribution >= 0.6 is 0 Å². The smallest absolute Gasteiger partial charge is 0.337 e. The molecule has 2 aromatic rings. The van der Waals surface area contributed by atoms with E-state index in [1.165, 1.54) is 6.07 Å². The maximum Gasteiger partial charge on any atom is 0.337 e. The average Bonchev–Trinajstić information content (AvgIpc) is 2.56. The molecule has 0 fully saturated rings. The molecule has 0 heterocycles. The average molecular weight is 326 g/mol. The van der Waals surface area contributed by atoms with Crippen molar-refractivity contribution in [2.24, 2.45) is 0 Å². The molecule has 2 N–H and O–H groups in total. The molecule has 24 heavy (non-hydrogen) atoms. The van der Waals surface area contributed by atoms with Gasteiger partial charge in [-0.3, -0.25) is 4.79 Å². The van der Waals surface area contributed by atoms with Gasteiger partial charge in [-0.05, 0) is 57.2 Å². The molecule has 0 spiro atoms. The summed E-state index contributed by atoms with van der Waals surface area (Å²) >= 11 is 0. The van der Waals surface area contributed by atoms with E-state index >= 15 is 0 Å². The molecule has 0 saturated carbocycles. The van der Waals surface area contributed by atoms with Gasteiger partial charge < -0.3 is 15.3 Å². The Balaban J connectivity index is 2.18. The summed E-state index contributed by atoms with van der Waals surface area (Å²) in [5.74, 6) is -1.40. The summed E-state index contributed by atoms with van der Waals surface area (Å²) in [4.78, 5) is 25.8. The van der Waals surface area contributed by atoms with Crippen molar-refractivity contribution < 1.29 is 14.7 Å². The number of anilines is 2. The summed E-state index contributed by atoms with van der Waals surface area (Å²) in [6, 6.07) is 14.0. The molecule has 0 aromatic heterocycles. The Morgan fingerprint density at radius 1 is 1.08 bits per heavy atom. The first-order valence-electron chi connectivity index (χ1n) is 7.94. The van der Waals surface area contributed by atoms with Gasteiger partial charge in [0.05, 0.1) is 11.3 Å². The second kappa shape index (κ2) is 7.64. The van der Waals surface area contributed by atoms with E-state index in [9.17, 15) is 9.59 Å². The first kappa shape index (κ1) is 17.5. The quantitative estimate of drug-likeness (QED) is 0.845. The van der Waals surface area contributed by atoms with Gasteiger partial charge in [0, 0.05) is 23.8 Å². The summed E-state index contributed by atoms with van der Waals surface area (Å²) in [5.41, 5.74) is 1.89. The number of para-hydroxylation sites is 1. The number of hydrogen-bond donors (Lipinski definition) is 2.